The number of benzene rings is 1. The summed E-state index contributed by atoms with van der Waals surface area (Å²) >= 11 is 12.0. The van der Waals surface area contributed by atoms with Crippen molar-refractivity contribution in [2.75, 3.05) is 20.5 Å². The summed E-state index contributed by atoms with van der Waals surface area (Å²) < 4.78 is 15.3. The monoisotopic (exact) mass is 335 g/mol. The Morgan fingerprint density at radius 2 is 2.10 bits per heavy atom. The molecule has 0 spiro atoms. The van der Waals surface area contributed by atoms with E-state index in [9.17, 15) is 4.79 Å². The fraction of sp³-hybridized carbons (Fsp3) is 0.500. The first-order valence-electron chi connectivity index (χ1n) is 6.41. The maximum atomic E-state index is 11.1. The van der Waals surface area contributed by atoms with E-state index in [1.807, 2.05) is 6.92 Å². The Labute approximate surface area is 134 Å². The molecule has 5 nitrogen and oxygen atoms in total. The molecule has 1 amide bonds. The van der Waals surface area contributed by atoms with Gasteiger partial charge in [-0.15, -0.1) is 0 Å². The van der Waals surface area contributed by atoms with Crippen molar-refractivity contribution in [1.82, 2.24) is 0 Å². The number of rotatable bonds is 8. The maximum absolute atomic E-state index is 11.1. The highest BCUT2D eigenvalue weighted by Crippen LogP contribution is 2.32. The molecule has 21 heavy (non-hydrogen) atoms. The summed E-state index contributed by atoms with van der Waals surface area (Å²) in [5, 5.41) is 0.941. The van der Waals surface area contributed by atoms with Crippen LogP contribution in [0.2, 0.25) is 10.0 Å². The average molecular weight is 336 g/mol. The summed E-state index contributed by atoms with van der Waals surface area (Å²) in [6, 6.07) is 5.01. The van der Waals surface area contributed by atoms with Crippen molar-refractivity contribution in [3.63, 3.8) is 0 Å². The molecule has 0 saturated carbocycles. The van der Waals surface area contributed by atoms with Gasteiger partial charge in [-0.2, -0.15) is 0 Å². The zero-order chi connectivity index (χ0) is 15.8. The van der Waals surface area contributed by atoms with Gasteiger partial charge in [0.1, 0.15) is 12.9 Å². The van der Waals surface area contributed by atoms with E-state index < -0.39 is 12.2 Å². The van der Waals surface area contributed by atoms with Crippen LogP contribution in [0.25, 0.3) is 0 Å². The number of nitrogens with two attached hydrogens (primary N) is 1. The van der Waals surface area contributed by atoms with E-state index in [4.69, 9.17) is 43.1 Å². The molecule has 0 saturated heterocycles. The molecule has 0 unspecified atom stereocenters. The highest BCUT2D eigenvalue weighted by molar-refractivity contribution is 6.35. The minimum atomic E-state index is -0.851. The largest absolute Gasteiger partial charge is 0.441 e. The van der Waals surface area contributed by atoms with Crippen molar-refractivity contribution >= 4 is 29.3 Å². The van der Waals surface area contributed by atoms with Gasteiger partial charge in [-0.05, 0) is 24.5 Å². The number of ether oxygens (including phenoxy) is 3. The number of amides is 1. The molecule has 0 aliphatic heterocycles. The summed E-state index contributed by atoms with van der Waals surface area (Å²) in [6.07, 6.45) is -0.877. The summed E-state index contributed by atoms with van der Waals surface area (Å²) in [4.78, 5) is 11.1. The predicted molar refractivity (Wildman–Crippen MR) is 81.5 cm³/mol. The zero-order valence-corrected chi connectivity index (χ0v) is 13.5. The van der Waals surface area contributed by atoms with Gasteiger partial charge >= 0.3 is 6.09 Å². The van der Waals surface area contributed by atoms with Crippen LogP contribution in [0.5, 0.6) is 0 Å². The molecule has 7 heteroatoms. The van der Waals surface area contributed by atoms with Crippen LogP contribution in [-0.4, -0.2) is 26.6 Å². The Morgan fingerprint density at radius 1 is 1.38 bits per heavy atom. The second-order valence-corrected chi connectivity index (χ2v) is 5.55. The minimum Gasteiger partial charge on any atom is -0.441 e. The van der Waals surface area contributed by atoms with E-state index in [-0.39, 0.29) is 12.7 Å². The third-order valence-electron chi connectivity index (χ3n) is 2.79. The molecule has 0 bridgehead atoms. The van der Waals surface area contributed by atoms with E-state index >= 15 is 0 Å². The van der Waals surface area contributed by atoms with Crippen LogP contribution in [0.3, 0.4) is 0 Å². The van der Waals surface area contributed by atoms with E-state index in [1.165, 1.54) is 0 Å². The van der Waals surface area contributed by atoms with Crippen molar-refractivity contribution in [3.05, 3.63) is 33.8 Å². The summed E-state index contributed by atoms with van der Waals surface area (Å²) in [5.74, 6) is 0.122. The highest BCUT2D eigenvalue weighted by atomic mass is 35.5. The second-order valence-electron chi connectivity index (χ2n) is 4.71. The number of halogens is 2. The van der Waals surface area contributed by atoms with E-state index in [0.29, 0.717) is 28.6 Å². The van der Waals surface area contributed by atoms with E-state index in [2.05, 4.69) is 0 Å². The van der Waals surface area contributed by atoms with Gasteiger partial charge < -0.3 is 19.9 Å². The standard InChI is InChI=1S/C14H19Cl2NO4/c1-9(7-20-8-19-2)5-13(21-14(17)18)11-4-3-10(15)6-12(11)16/h3-4,6,9,13H,5,7-8H2,1-2H3,(H2,17,18)/t9-,13-/m0/s1. The molecule has 0 aromatic heterocycles. The van der Waals surface area contributed by atoms with Gasteiger partial charge in [0.25, 0.3) is 0 Å². The van der Waals surface area contributed by atoms with Gasteiger partial charge in [0.2, 0.25) is 0 Å². The van der Waals surface area contributed by atoms with Gasteiger partial charge in [0.15, 0.2) is 0 Å². The number of hydrogen-bond donors (Lipinski definition) is 1. The Hall–Kier alpha value is -1.01. The maximum Gasteiger partial charge on any atom is 0.405 e. The minimum absolute atomic E-state index is 0.122. The Morgan fingerprint density at radius 3 is 2.67 bits per heavy atom. The molecular weight excluding hydrogens is 317 g/mol. The smallest absolute Gasteiger partial charge is 0.405 e. The van der Waals surface area contributed by atoms with Gasteiger partial charge in [0, 0.05) is 22.7 Å². The Balaban J connectivity index is 2.77. The zero-order valence-electron chi connectivity index (χ0n) is 12.0. The molecule has 0 heterocycles. The van der Waals surface area contributed by atoms with Crippen molar-refractivity contribution < 1.29 is 19.0 Å². The molecule has 0 radical (unpaired) electrons. The van der Waals surface area contributed by atoms with Gasteiger partial charge in [0.05, 0.1) is 6.61 Å². The molecule has 1 aromatic rings. The van der Waals surface area contributed by atoms with Crippen LogP contribution in [0.1, 0.15) is 25.0 Å². The first-order chi connectivity index (χ1) is 9.93. The van der Waals surface area contributed by atoms with Gasteiger partial charge in [-0.3, -0.25) is 0 Å². The van der Waals surface area contributed by atoms with Crippen molar-refractivity contribution in [2.45, 2.75) is 19.4 Å². The van der Waals surface area contributed by atoms with Crippen molar-refractivity contribution in [3.8, 4) is 0 Å². The normalized spacial score (nSPS) is 13.7. The first-order valence-corrected chi connectivity index (χ1v) is 7.17. The van der Waals surface area contributed by atoms with Crippen LogP contribution in [0.4, 0.5) is 4.79 Å². The Kier molecular flexibility index (Phi) is 7.82. The van der Waals surface area contributed by atoms with Gasteiger partial charge in [-0.1, -0.05) is 36.2 Å². The quantitative estimate of drug-likeness (QED) is 0.579. The summed E-state index contributed by atoms with van der Waals surface area (Å²) in [7, 11) is 1.55. The number of carbonyl (C=O) groups is 1. The molecule has 2 N–H and O–H groups in total. The SMILES string of the molecule is COCOC[C@@H](C)C[C@H](OC(N)=O)c1ccc(Cl)cc1Cl. The lowest BCUT2D eigenvalue weighted by molar-refractivity contribution is -0.0465. The van der Waals surface area contributed by atoms with Crippen LogP contribution in [0.15, 0.2) is 18.2 Å². The highest BCUT2D eigenvalue weighted by Gasteiger charge is 2.21. The molecule has 0 aliphatic carbocycles. The molecule has 118 valence electrons. The number of hydrogen-bond acceptors (Lipinski definition) is 4. The molecule has 2 atom stereocenters. The van der Waals surface area contributed by atoms with Crippen LogP contribution >= 0.6 is 23.2 Å². The van der Waals surface area contributed by atoms with Crippen LogP contribution in [0, 0.1) is 5.92 Å². The van der Waals surface area contributed by atoms with Gasteiger partial charge in [-0.25, -0.2) is 4.79 Å². The van der Waals surface area contributed by atoms with Crippen LogP contribution in [-0.2, 0) is 14.2 Å². The first kappa shape index (κ1) is 18.0. The van der Waals surface area contributed by atoms with Crippen molar-refractivity contribution in [2.24, 2.45) is 11.7 Å². The summed E-state index contributed by atoms with van der Waals surface area (Å²) in [6.45, 7) is 2.65. The fourth-order valence-electron chi connectivity index (χ4n) is 1.91. The van der Waals surface area contributed by atoms with Crippen LogP contribution < -0.4 is 5.73 Å². The number of carbonyl (C=O) groups excluding carboxylic acids is 1. The lowest BCUT2D eigenvalue weighted by atomic mass is 9.98. The Bertz CT molecular complexity index is 470. The number of methoxy groups -OCH3 is 1. The molecule has 1 rings (SSSR count). The lowest BCUT2D eigenvalue weighted by Crippen LogP contribution is -2.21. The molecule has 0 aliphatic rings. The second kappa shape index (κ2) is 9.10. The molecule has 1 aromatic carbocycles. The van der Waals surface area contributed by atoms with Crippen molar-refractivity contribution in [1.29, 1.82) is 0 Å². The molecular formula is C14H19Cl2NO4. The molecule has 0 fully saturated rings. The fourth-order valence-corrected chi connectivity index (χ4v) is 2.44. The van der Waals surface area contributed by atoms with E-state index in [1.54, 1.807) is 25.3 Å². The lowest BCUT2D eigenvalue weighted by Gasteiger charge is -2.22. The summed E-state index contributed by atoms with van der Waals surface area (Å²) in [5.41, 5.74) is 5.79. The number of primary amides is 1. The average Bonchev–Trinajstić information content (AvgIpc) is 2.37. The predicted octanol–water partition coefficient (Wildman–Crippen LogP) is 3.78. The third-order valence-corrected chi connectivity index (χ3v) is 3.35. The van der Waals surface area contributed by atoms with E-state index in [0.717, 1.165) is 0 Å². The topological polar surface area (TPSA) is 70.8 Å². The third kappa shape index (κ3) is 6.52.